The highest BCUT2D eigenvalue weighted by Gasteiger charge is 2.08. The van der Waals surface area contributed by atoms with Gasteiger partial charge in [0.1, 0.15) is 23.9 Å². The number of benzene rings is 2. The molecule has 1 N–H and O–H groups in total. The van der Waals surface area contributed by atoms with Gasteiger partial charge in [-0.25, -0.2) is 0 Å². The van der Waals surface area contributed by atoms with Crippen LogP contribution in [0.2, 0.25) is 0 Å². The summed E-state index contributed by atoms with van der Waals surface area (Å²) in [6.07, 6.45) is 1.10. The Balaban J connectivity index is 1.59. The molecule has 26 heavy (non-hydrogen) atoms. The summed E-state index contributed by atoms with van der Waals surface area (Å²) in [5.74, 6) is 2.37. The third-order valence-electron chi connectivity index (χ3n) is 3.80. The van der Waals surface area contributed by atoms with E-state index < -0.39 is 0 Å². The minimum absolute atomic E-state index is 0.00309. The van der Waals surface area contributed by atoms with Gasteiger partial charge in [-0.2, -0.15) is 0 Å². The zero-order valence-electron chi connectivity index (χ0n) is 15.7. The lowest BCUT2D eigenvalue weighted by atomic mass is 10.2. The van der Waals surface area contributed by atoms with Crippen molar-refractivity contribution >= 4 is 5.91 Å². The van der Waals surface area contributed by atoms with Crippen LogP contribution in [0.15, 0.2) is 48.5 Å². The first kappa shape index (κ1) is 19.6. The Bertz CT molecular complexity index is 667. The standard InChI is InChI=1S/C21H27NO4/c1-16-6-8-19(9-7-16)25-14-4-5-21(23)22-17(2)15-26-20-12-10-18(24-3)11-13-20/h6-13,17H,4-5,14-15H2,1-3H3,(H,22,23)/t17-/m0/s1. The maximum absolute atomic E-state index is 12.0. The van der Waals surface area contributed by atoms with Crippen molar-refractivity contribution in [2.24, 2.45) is 0 Å². The molecule has 0 saturated heterocycles. The summed E-state index contributed by atoms with van der Waals surface area (Å²) >= 11 is 0. The number of hydrogen-bond donors (Lipinski definition) is 1. The molecule has 0 saturated carbocycles. The minimum atomic E-state index is -0.0670. The van der Waals surface area contributed by atoms with Crippen LogP contribution < -0.4 is 19.5 Å². The number of nitrogens with one attached hydrogen (secondary N) is 1. The quantitative estimate of drug-likeness (QED) is 0.658. The van der Waals surface area contributed by atoms with Crippen LogP contribution in [0.3, 0.4) is 0 Å². The van der Waals surface area contributed by atoms with Gasteiger partial charge in [-0.05, 0) is 56.7 Å². The Kier molecular flexibility index (Phi) is 7.80. The van der Waals surface area contributed by atoms with Gasteiger partial charge in [-0.15, -0.1) is 0 Å². The zero-order valence-corrected chi connectivity index (χ0v) is 15.7. The first-order chi connectivity index (χ1) is 12.6. The average Bonchev–Trinajstić information content (AvgIpc) is 2.65. The maximum Gasteiger partial charge on any atom is 0.220 e. The van der Waals surface area contributed by atoms with E-state index >= 15 is 0 Å². The molecule has 0 aliphatic rings. The van der Waals surface area contributed by atoms with E-state index in [1.807, 2.05) is 62.4 Å². The lowest BCUT2D eigenvalue weighted by Crippen LogP contribution is -2.36. The van der Waals surface area contributed by atoms with Crippen LogP contribution in [0, 0.1) is 6.92 Å². The predicted octanol–water partition coefficient (Wildman–Crippen LogP) is 3.75. The molecule has 0 unspecified atom stereocenters. The highest BCUT2D eigenvalue weighted by Crippen LogP contribution is 2.17. The molecule has 0 heterocycles. The third kappa shape index (κ3) is 7.05. The number of rotatable bonds is 10. The summed E-state index contributed by atoms with van der Waals surface area (Å²) in [6.45, 7) is 4.89. The van der Waals surface area contributed by atoms with Crippen molar-refractivity contribution in [3.63, 3.8) is 0 Å². The second-order valence-electron chi connectivity index (χ2n) is 6.22. The van der Waals surface area contributed by atoms with Gasteiger partial charge in [0.25, 0.3) is 0 Å². The molecule has 0 spiro atoms. The normalized spacial score (nSPS) is 11.5. The Labute approximate surface area is 155 Å². The Morgan fingerprint density at radius 2 is 1.54 bits per heavy atom. The lowest BCUT2D eigenvalue weighted by Gasteiger charge is -2.15. The molecule has 0 aromatic heterocycles. The molecule has 1 amide bonds. The summed E-state index contributed by atoms with van der Waals surface area (Å²) in [6, 6.07) is 15.2. The predicted molar refractivity (Wildman–Crippen MR) is 102 cm³/mol. The van der Waals surface area contributed by atoms with Gasteiger partial charge in [0, 0.05) is 6.42 Å². The van der Waals surface area contributed by atoms with E-state index in [0.29, 0.717) is 26.1 Å². The minimum Gasteiger partial charge on any atom is -0.497 e. The van der Waals surface area contributed by atoms with E-state index in [4.69, 9.17) is 14.2 Å². The maximum atomic E-state index is 12.0. The van der Waals surface area contributed by atoms with Crippen molar-refractivity contribution in [2.75, 3.05) is 20.3 Å². The molecule has 140 valence electrons. The molecule has 2 aromatic rings. The van der Waals surface area contributed by atoms with Crippen LogP contribution in [-0.4, -0.2) is 32.3 Å². The molecule has 0 fully saturated rings. The molecule has 0 radical (unpaired) electrons. The number of methoxy groups -OCH3 is 1. The molecular formula is C21H27NO4. The van der Waals surface area contributed by atoms with Crippen molar-refractivity contribution in [3.05, 3.63) is 54.1 Å². The first-order valence-corrected chi connectivity index (χ1v) is 8.82. The fourth-order valence-electron chi connectivity index (χ4n) is 2.34. The molecule has 2 rings (SSSR count). The number of ether oxygens (including phenoxy) is 3. The fraction of sp³-hybridized carbons (Fsp3) is 0.381. The van der Waals surface area contributed by atoms with Crippen LogP contribution >= 0.6 is 0 Å². The summed E-state index contributed by atoms with van der Waals surface area (Å²) in [7, 11) is 1.62. The summed E-state index contributed by atoms with van der Waals surface area (Å²) in [5, 5.41) is 2.93. The summed E-state index contributed by atoms with van der Waals surface area (Å²) in [5.41, 5.74) is 1.20. The number of amides is 1. The van der Waals surface area contributed by atoms with E-state index in [2.05, 4.69) is 5.32 Å². The number of carbonyl (C=O) groups is 1. The molecule has 2 aromatic carbocycles. The zero-order chi connectivity index (χ0) is 18.8. The Morgan fingerprint density at radius 3 is 2.19 bits per heavy atom. The first-order valence-electron chi connectivity index (χ1n) is 8.82. The molecule has 5 nitrogen and oxygen atoms in total. The van der Waals surface area contributed by atoms with Gasteiger partial charge in [-0.1, -0.05) is 17.7 Å². The van der Waals surface area contributed by atoms with Crippen molar-refractivity contribution in [3.8, 4) is 17.2 Å². The van der Waals surface area contributed by atoms with Gasteiger partial charge < -0.3 is 19.5 Å². The van der Waals surface area contributed by atoms with Gasteiger partial charge >= 0.3 is 0 Å². The van der Waals surface area contributed by atoms with E-state index in [1.54, 1.807) is 7.11 Å². The number of carbonyl (C=O) groups excluding carboxylic acids is 1. The van der Waals surface area contributed by atoms with Crippen LogP contribution in [0.1, 0.15) is 25.3 Å². The van der Waals surface area contributed by atoms with Gasteiger partial charge in [0.15, 0.2) is 0 Å². The molecule has 5 heteroatoms. The molecule has 0 bridgehead atoms. The SMILES string of the molecule is COc1ccc(OC[C@H](C)NC(=O)CCCOc2ccc(C)cc2)cc1. The van der Waals surface area contributed by atoms with E-state index in [1.165, 1.54) is 5.56 Å². The van der Waals surface area contributed by atoms with Gasteiger partial charge in [-0.3, -0.25) is 4.79 Å². The van der Waals surface area contributed by atoms with E-state index in [0.717, 1.165) is 17.2 Å². The smallest absolute Gasteiger partial charge is 0.220 e. The number of aryl methyl sites for hydroxylation is 1. The summed E-state index contributed by atoms with van der Waals surface area (Å²) < 4.78 is 16.4. The van der Waals surface area contributed by atoms with Crippen molar-refractivity contribution in [1.82, 2.24) is 5.32 Å². The van der Waals surface area contributed by atoms with Crippen LogP contribution in [-0.2, 0) is 4.79 Å². The second kappa shape index (κ2) is 10.3. The van der Waals surface area contributed by atoms with E-state index in [-0.39, 0.29) is 11.9 Å². The summed E-state index contributed by atoms with van der Waals surface area (Å²) in [4.78, 5) is 12.0. The lowest BCUT2D eigenvalue weighted by molar-refractivity contribution is -0.122. The van der Waals surface area contributed by atoms with Crippen LogP contribution in [0.5, 0.6) is 17.2 Å². The Morgan fingerprint density at radius 1 is 0.962 bits per heavy atom. The highest BCUT2D eigenvalue weighted by atomic mass is 16.5. The molecule has 1 atom stereocenters. The van der Waals surface area contributed by atoms with Gasteiger partial charge in [0.2, 0.25) is 5.91 Å². The monoisotopic (exact) mass is 357 g/mol. The average molecular weight is 357 g/mol. The third-order valence-corrected chi connectivity index (χ3v) is 3.80. The second-order valence-corrected chi connectivity index (χ2v) is 6.22. The Hall–Kier alpha value is -2.69. The van der Waals surface area contributed by atoms with Gasteiger partial charge in [0.05, 0.1) is 19.8 Å². The van der Waals surface area contributed by atoms with E-state index in [9.17, 15) is 4.79 Å². The highest BCUT2D eigenvalue weighted by molar-refractivity contribution is 5.76. The number of hydrogen-bond acceptors (Lipinski definition) is 4. The topological polar surface area (TPSA) is 56.8 Å². The largest absolute Gasteiger partial charge is 0.497 e. The fourth-order valence-corrected chi connectivity index (χ4v) is 2.34. The van der Waals surface area contributed by atoms with Crippen LogP contribution in [0.25, 0.3) is 0 Å². The molecule has 0 aliphatic carbocycles. The van der Waals surface area contributed by atoms with Crippen molar-refractivity contribution < 1.29 is 19.0 Å². The molecule has 0 aliphatic heterocycles. The van der Waals surface area contributed by atoms with Crippen molar-refractivity contribution in [1.29, 1.82) is 0 Å². The molecular weight excluding hydrogens is 330 g/mol. The van der Waals surface area contributed by atoms with Crippen molar-refractivity contribution in [2.45, 2.75) is 32.7 Å². The van der Waals surface area contributed by atoms with Crippen LogP contribution in [0.4, 0.5) is 0 Å².